The highest BCUT2D eigenvalue weighted by molar-refractivity contribution is 6.49. The van der Waals surface area contributed by atoms with Gasteiger partial charge in [0.25, 0.3) is 0 Å². The number of ketones is 1. The Balaban J connectivity index is 2.36. The molecule has 0 aliphatic heterocycles. The van der Waals surface area contributed by atoms with Crippen LogP contribution in [0.2, 0.25) is 0 Å². The topological polar surface area (TPSA) is 76.4 Å². The van der Waals surface area contributed by atoms with Crippen molar-refractivity contribution >= 4 is 22.9 Å². The molecule has 3 rings (SSSR count). The zero-order chi connectivity index (χ0) is 18.0. The van der Waals surface area contributed by atoms with Gasteiger partial charge >= 0.3 is 5.97 Å². The summed E-state index contributed by atoms with van der Waals surface area (Å²) in [6.45, 7) is 0. The molecule has 0 aromatic heterocycles. The number of methoxy groups -OCH3 is 2. The number of carbonyl (C=O) groups is 2. The van der Waals surface area contributed by atoms with Crippen LogP contribution in [0.3, 0.4) is 0 Å². The summed E-state index contributed by atoms with van der Waals surface area (Å²) in [5, 5.41) is 9.07. The van der Waals surface area contributed by atoms with E-state index in [0.29, 0.717) is 28.0 Å². The van der Waals surface area contributed by atoms with Crippen LogP contribution < -0.4 is 4.74 Å². The zero-order valence-electron chi connectivity index (χ0n) is 13.8. The van der Waals surface area contributed by atoms with Gasteiger partial charge in [-0.15, -0.1) is 0 Å². The molecule has 0 heterocycles. The number of nitriles is 1. The molecule has 0 spiro atoms. The highest BCUT2D eigenvalue weighted by Gasteiger charge is 2.37. The predicted molar refractivity (Wildman–Crippen MR) is 91.9 cm³/mol. The van der Waals surface area contributed by atoms with Crippen LogP contribution in [0.15, 0.2) is 42.5 Å². The summed E-state index contributed by atoms with van der Waals surface area (Å²) in [6, 6.07) is 14.2. The largest absolute Gasteiger partial charge is 0.496 e. The van der Waals surface area contributed by atoms with Crippen LogP contribution in [-0.2, 0) is 16.0 Å². The quantitative estimate of drug-likeness (QED) is 0.804. The average Bonchev–Trinajstić information content (AvgIpc) is 2.94. The van der Waals surface area contributed by atoms with Crippen molar-refractivity contribution in [2.24, 2.45) is 0 Å². The molecule has 0 unspecified atom stereocenters. The van der Waals surface area contributed by atoms with Gasteiger partial charge in [-0.3, -0.25) is 4.79 Å². The molecule has 25 heavy (non-hydrogen) atoms. The van der Waals surface area contributed by atoms with Crippen LogP contribution in [0.1, 0.15) is 27.0 Å². The van der Waals surface area contributed by atoms with Gasteiger partial charge in [0.15, 0.2) is 5.78 Å². The van der Waals surface area contributed by atoms with Gasteiger partial charge in [-0.25, -0.2) is 4.79 Å². The second-order valence-corrected chi connectivity index (χ2v) is 5.45. The van der Waals surface area contributed by atoms with Crippen molar-refractivity contribution in [3.63, 3.8) is 0 Å². The summed E-state index contributed by atoms with van der Waals surface area (Å²) in [6.07, 6.45) is 0.134. The van der Waals surface area contributed by atoms with E-state index in [0.717, 1.165) is 0 Å². The van der Waals surface area contributed by atoms with E-state index in [4.69, 9.17) is 14.7 Å². The molecule has 5 heteroatoms. The monoisotopic (exact) mass is 333 g/mol. The summed E-state index contributed by atoms with van der Waals surface area (Å²) in [4.78, 5) is 25.5. The van der Waals surface area contributed by atoms with Gasteiger partial charge in [0, 0.05) is 16.7 Å². The first-order valence-electron chi connectivity index (χ1n) is 7.64. The number of allylic oxidation sites excluding steroid dienone is 1. The van der Waals surface area contributed by atoms with E-state index >= 15 is 0 Å². The van der Waals surface area contributed by atoms with Gasteiger partial charge in [-0.2, -0.15) is 5.26 Å². The number of hydrogen-bond acceptors (Lipinski definition) is 5. The second-order valence-electron chi connectivity index (χ2n) is 5.45. The molecule has 124 valence electrons. The maximum atomic E-state index is 13.0. The van der Waals surface area contributed by atoms with Gasteiger partial charge in [0.2, 0.25) is 0 Å². The van der Waals surface area contributed by atoms with Crippen molar-refractivity contribution < 1.29 is 19.1 Å². The fraction of sp³-hybridized carbons (Fsp3) is 0.150. The Morgan fingerprint density at radius 1 is 1.08 bits per heavy atom. The highest BCUT2D eigenvalue weighted by atomic mass is 16.5. The number of rotatable bonds is 4. The lowest BCUT2D eigenvalue weighted by Crippen LogP contribution is -2.07. The second kappa shape index (κ2) is 6.62. The van der Waals surface area contributed by atoms with Crippen LogP contribution >= 0.6 is 0 Å². The van der Waals surface area contributed by atoms with Crippen molar-refractivity contribution in [1.29, 1.82) is 5.26 Å². The molecule has 5 nitrogen and oxygen atoms in total. The predicted octanol–water partition coefficient (Wildman–Crippen LogP) is 3.04. The van der Waals surface area contributed by atoms with Crippen LogP contribution in [-0.4, -0.2) is 26.0 Å². The molecule has 1 aliphatic rings. The van der Waals surface area contributed by atoms with Crippen molar-refractivity contribution in [2.45, 2.75) is 6.42 Å². The molecule has 0 saturated heterocycles. The first kappa shape index (κ1) is 16.5. The van der Waals surface area contributed by atoms with E-state index in [-0.39, 0.29) is 23.4 Å². The Morgan fingerprint density at radius 3 is 2.48 bits per heavy atom. The first-order chi connectivity index (χ1) is 12.1. The van der Waals surface area contributed by atoms with Gasteiger partial charge in [-0.1, -0.05) is 36.4 Å². The highest BCUT2D eigenvalue weighted by Crippen LogP contribution is 2.44. The molecule has 0 atom stereocenters. The summed E-state index contributed by atoms with van der Waals surface area (Å²) in [5.74, 6) is -0.461. The zero-order valence-corrected chi connectivity index (χ0v) is 13.8. The Kier molecular flexibility index (Phi) is 4.36. The Labute approximate surface area is 145 Å². The first-order valence-corrected chi connectivity index (χ1v) is 7.64. The molecule has 0 N–H and O–H groups in total. The normalized spacial score (nSPS) is 12.6. The Morgan fingerprint density at radius 2 is 1.80 bits per heavy atom. The Hall–Kier alpha value is -3.39. The third kappa shape index (κ3) is 2.58. The molecule has 2 aromatic rings. The molecule has 0 fully saturated rings. The molecule has 0 radical (unpaired) electrons. The summed E-state index contributed by atoms with van der Waals surface area (Å²) in [7, 11) is 2.75. The van der Waals surface area contributed by atoms with Crippen LogP contribution in [0.25, 0.3) is 11.1 Å². The summed E-state index contributed by atoms with van der Waals surface area (Å²) >= 11 is 0. The summed E-state index contributed by atoms with van der Waals surface area (Å²) in [5.41, 5.74) is 2.49. The van der Waals surface area contributed by atoms with Gasteiger partial charge < -0.3 is 9.47 Å². The van der Waals surface area contributed by atoms with E-state index in [2.05, 4.69) is 6.07 Å². The number of esters is 1. The number of benzene rings is 2. The van der Waals surface area contributed by atoms with Crippen LogP contribution in [0.5, 0.6) is 5.75 Å². The minimum atomic E-state index is -0.613. The van der Waals surface area contributed by atoms with E-state index < -0.39 is 5.97 Å². The number of fused-ring (bicyclic) bond motifs is 1. The maximum absolute atomic E-state index is 13.0. The van der Waals surface area contributed by atoms with Gasteiger partial charge in [0.1, 0.15) is 5.75 Å². The van der Waals surface area contributed by atoms with Gasteiger partial charge in [-0.05, 0) is 17.2 Å². The number of carbonyl (C=O) groups excluding carboxylic acids is 2. The average molecular weight is 333 g/mol. The molecule has 1 aliphatic carbocycles. The number of nitrogens with zero attached hydrogens (tertiary/aromatic N) is 1. The molecule has 2 aromatic carbocycles. The lowest BCUT2D eigenvalue weighted by atomic mass is 9.93. The van der Waals surface area contributed by atoms with Crippen molar-refractivity contribution in [3.8, 4) is 11.8 Å². The minimum absolute atomic E-state index is 0.134. The standard InChI is InChI=1S/C20H15NO4/c1-24-15-9-5-8-14-16(15)18(20(23)25-2)17(19(14)22)13-7-4-3-6-12(13)10-11-21/h3-9H,10H2,1-2H3. The summed E-state index contributed by atoms with van der Waals surface area (Å²) < 4.78 is 10.3. The third-order valence-electron chi connectivity index (χ3n) is 4.16. The lowest BCUT2D eigenvalue weighted by Gasteiger charge is -2.11. The number of hydrogen-bond donors (Lipinski definition) is 0. The van der Waals surface area contributed by atoms with Crippen molar-refractivity contribution in [1.82, 2.24) is 0 Å². The number of Topliss-reactive ketones (excluding diaryl/α,β-unsaturated/α-hetero) is 1. The molecule has 0 amide bonds. The fourth-order valence-corrected chi connectivity index (χ4v) is 3.09. The van der Waals surface area contributed by atoms with Gasteiger partial charge in [0.05, 0.1) is 32.3 Å². The van der Waals surface area contributed by atoms with Crippen LogP contribution in [0.4, 0.5) is 0 Å². The van der Waals surface area contributed by atoms with Crippen molar-refractivity contribution in [2.75, 3.05) is 14.2 Å². The SMILES string of the molecule is COC(=O)C1=C(c2ccccc2CC#N)C(=O)c2cccc(OC)c21. The van der Waals surface area contributed by atoms with E-state index in [1.807, 2.05) is 0 Å². The minimum Gasteiger partial charge on any atom is -0.496 e. The number of ether oxygens (including phenoxy) is 2. The maximum Gasteiger partial charge on any atom is 0.339 e. The van der Waals surface area contributed by atoms with E-state index in [9.17, 15) is 9.59 Å². The van der Waals surface area contributed by atoms with E-state index in [1.54, 1.807) is 42.5 Å². The lowest BCUT2D eigenvalue weighted by molar-refractivity contribution is -0.133. The Bertz CT molecular complexity index is 950. The molecule has 0 bridgehead atoms. The molecule has 0 saturated carbocycles. The van der Waals surface area contributed by atoms with E-state index in [1.165, 1.54) is 14.2 Å². The smallest absolute Gasteiger partial charge is 0.339 e. The molecular weight excluding hydrogens is 318 g/mol. The fourth-order valence-electron chi connectivity index (χ4n) is 3.09. The van der Waals surface area contributed by atoms with Crippen LogP contribution in [0, 0.1) is 11.3 Å². The molecular formula is C20H15NO4. The third-order valence-corrected chi connectivity index (χ3v) is 4.16. The van der Waals surface area contributed by atoms with Crippen molar-refractivity contribution in [3.05, 3.63) is 64.7 Å².